The zero-order valence-electron chi connectivity index (χ0n) is 7.04. The minimum Gasteiger partial charge on any atom is -0.507 e. The van der Waals surface area contributed by atoms with E-state index >= 15 is 0 Å². The quantitative estimate of drug-likeness (QED) is 0.715. The van der Waals surface area contributed by atoms with Crippen LogP contribution >= 0.6 is 11.6 Å². The Labute approximate surface area is 80.6 Å². The molecule has 1 aromatic rings. The Hall–Kier alpha value is -1.06. The summed E-state index contributed by atoms with van der Waals surface area (Å²) in [6.45, 7) is 0.985. The van der Waals surface area contributed by atoms with Gasteiger partial charge >= 0.3 is 0 Å². The number of ketones is 1. The van der Waals surface area contributed by atoms with E-state index in [2.05, 4.69) is 0 Å². The highest BCUT2D eigenvalue weighted by atomic mass is 35.5. The van der Waals surface area contributed by atoms with Crippen LogP contribution in [0.3, 0.4) is 0 Å². The summed E-state index contributed by atoms with van der Waals surface area (Å²) in [5, 5.41) is 18.6. The largest absolute Gasteiger partial charge is 0.507 e. The van der Waals surface area contributed by atoms with Gasteiger partial charge in [-0.3, -0.25) is 4.79 Å². The molecule has 0 saturated heterocycles. The summed E-state index contributed by atoms with van der Waals surface area (Å²) in [5.74, 6) is -0.478. The molecule has 1 aromatic carbocycles. The van der Waals surface area contributed by atoms with Crippen LogP contribution in [0, 0.1) is 0 Å². The highest BCUT2D eigenvalue weighted by Crippen LogP contribution is 2.27. The zero-order valence-corrected chi connectivity index (χ0v) is 7.80. The van der Waals surface area contributed by atoms with Crippen LogP contribution in [0.1, 0.15) is 22.8 Å². The number of rotatable bonds is 2. The lowest BCUT2D eigenvalue weighted by Gasteiger charge is -2.06. The van der Waals surface area contributed by atoms with Crippen LogP contribution in [0.4, 0.5) is 0 Å². The molecule has 0 aromatic heterocycles. The number of carbonyl (C=O) groups is 1. The van der Waals surface area contributed by atoms with Gasteiger partial charge in [0.15, 0.2) is 5.78 Å². The third kappa shape index (κ3) is 1.99. The first kappa shape index (κ1) is 10.0. The molecule has 13 heavy (non-hydrogen) atoms. The molecule has 3 nitrogen and oxygen atoms in total. The van der Waals surface area contributed by atoms with Crippen LogP contribution in [0.15, 0.2) is 12.1 Å². The number of aliphatic hydroxyl groups excluding tert-OH is 1. The Morgan fingerprint density at radius 3 is 2.62 bits per heavy atom. The number of aromatic hydroxyl groups is 1. The summed E-state index contributed by atoms with van der Waals surface area (Å²) in [7, 11) is 0. The number of hydrogen-bond acceptors (Lipinski definition) is 3. The fourth-order valence-electron chi connectivity index (χ4n) is 1.04. The van der Waals surface area contributed by atoms with Gasteiger partial charge in [-0.1, -0.05) is 11.6 Å². The van der Waals surface area contributed by atoms with Gasteiger partial charge < -0.3 is 10.2 Å². The van der Waals surface area contributed by atoms with Crippen molar-refractivity contribution in [1.29, 1.82) is 0 Å². The number of halogens is 1. The van der Waals surface area contributed by atoms with Crippen molar-refractivity contribution < 1.29 is 15.0 Å². The van der Waals surface area contributed by atoms with Crippen LogP contribution in [0.5, 0.6) is 5.75 Å². The molecule has 0 aliphatic heterocycles. The number of phenols is 1. The lowest BCUT2D eigenvalue weighted by molar-refractivity contribution is 0.101. The molecule has 70 valence electrons. The van der Waals surface area contributed by atoms with Crippen molar-refractivity contribution in [1.82, 2.24) is 0 Å². The van der Waals surface area contributed by atoms with Gasteiger partial charge in [0.2, 0.25) is 0 Å². The summed E-state index contributed by atoms with van der Waals surface area (Å²) in [6.07, 6.45) is 0. The SMILES string of the molecule is CC(=O)c1cc(Cl)cc(CO)c1O. The number of aliphatic hydroxyl groups is 1. The number of hydrogen-bond donors (Lipinski definition) is 2. The first-order valence-corrected chi connectivity index (χ1v) is 4.07. The minimum absolute atomic E-state index is 0.136. The van der Waals surface area contributed by atoms with Gasteiger partial charge in [0, 0.05) is 10.6 Å². The third-order valence-electron chi connectivity index (χ3n) is 1.70. The smallest absolute Gasteiger partial charge is 0.163 e. The Morgan fingerprint density at radius 2 is 2.15 bits per heavy atom. The summed E-state index contributed by atoms with van der Waals surface area (Å²) >= 11 is 5.67. The van der Waals surface area contributed by atoms with E-state index in [1.807, 2.05) is 0 Å². The topological polar surface area (TPSA) is 57.5 Å². The predicted molar refractivity (Wildman–Crippen MR) is 49.0 cm³/mol. The Balaban J connectivity index is 3.35. The molecule has 0 aliphatic rings. The average molecular weight is 201 g/mol. The molecule has 0 radical (unpaired) electrons. The van der Waals surface area contributed by atoms with Crippen LogP contribution in [0.2, 0.25) is 5.02 Å². The van der Waals surface area contributed by atoms with Crippen molar-refractivity contribution in [3.8, 4) is 5.75 Å². The number of carbonyl (C=O) groups excluding carboxylic acids is 1. The molecular weight excluding hydrogens is 192 g/mol. The number of Topliss-reactive ketones (excluding diaryl/α,β-unsaturated/α-hetero) is 1. The van der Waals surface area contributed by atoms with Gasteiger partial charge in [0.05, 0.1) is 12.2 Å². The Kier molecular flexibility index (Phi) is 2.90. The zero-order chi connectivity index (χ0) is 10.0. The molecule has 0 spiro atoms. The van der Waals surface area contributed by atoms with Crippen LogP contribution < -0.4 is 0 Å². The molecule has 0 aliphatic carbocycles. The standard InChI is InChI=1S/C9H9ClO3/c1-5(12)8-3-7(10)2-6(4-11)9(8)13/h2-3,11,13H,4H2,1H3. The third-order valence-corrected chi connectivity index (χ3v) is 1.92. The second-order valence-electron chi connectivity index (χ2n) is 2.68. The van der Waals surface area contributed by atoms with E-state index in [9.17, 15) is 9.90 Å². The maximum absolute atomic E-state index is 11.0. The fourth-order valence-corrected chi connectivity index (χ4v) is 1.29. The molecule has 0 fully saturated rings. The second kappa shape index (κ2) is 3.77. The van der Waals surface area contributed by atoms with Crippen molar-refractivity contribution in [2.75, 3.05) is 0 Å². The summed E-state index contributed by atoms with van der Waals surface area (Å²) in [5.41, 5.74) is 0.397. The number of benzene rings is 1. The van der Waals surface area contributed by atoms with Crippen molar-refractivity contribution in [2.45, 2.75) is 13.5 Å². The maximum atomic E-state index is 11.0. The normalized spacial score (nSPS) is 10.1. The van der Waals surface area contributed by atoms with Crippen molar-refractivity contribution in [3.05, 3.63) is 28.3 Å². The van der Waals surface area contributed by atoms with E-state index in [0.29, 0.717) is 5.02 Å². The molecular formula is C9H9ClO3. The van der Waals surface area contributed by atoms with E-state index in [-0.39, 0.29) is 29.3 Å². The second-order valence-corrected chi connectivity index (χ2v) is 3.11. The highest BCUT2D eigenvalue weighted by Gasteiger charge is 2.11. The molecule has 4 heteroatoms. The lowest BCUT2D eigenvalue weighted by Crippen LogP contribution is -1.96. The highest BCUT2D eigenvalue weighted by molar-refractivity contribution is 6.31. The predicted octanol–water partition coefficient (Wildman–Crippen LogP) is 1.74. The van der Waals surface area contributed by atoms with Crippen molar-refractivity contribution in [3.63, 3.8) is 0 Å². The van der Waals surface area contributed by atoms with Gasteiger partial charge in [0.25, 0.3) is 0 Å². The monoisotopic (exact) mass is 200 g/mol. The molecule has 0 saturated carbocycles. The first-order chi connectivity index (χ1) is 6.06. The van der Waals surface area contributed by atoms with E-state index in [4.69, 9.17) is 16.7 Å². The summed E-state index contributed by atoms with van der Waals surface area (Å²) < 4.78 is 0. The van der Waals surface area contributed by atoms with Gasteiger partial charge in [-0.05, 0) is 19.1 Å². The molecule has 2 N–H and O–H groups in total. The van der Waals surface area contributed by atoms with Crippen LogP contribution in [-0.4, -0.2) is 16.0 Å². The fraction of sp³-hybridized carbons (Fsp3) is 0.222. The molecule has 0 amide bonds. The minimum atomic E-state index is -0.341. The van der Waals surface area contributed by atoms with Gasteiger partial charge in [-0.15, -0.1) is 0 Å². The Bertz CT molecular complexity index is 347. The summed E-state index contributed by atoms with van der Waals surface area (Å²) in [4.78, 5) is 11.0. The molecule has 0 unspecified atom stereocenters. The average Bonchev–Trinajstić information content (AvgIpc) is 2.08. The molecule has 1 rings (SSSR count). The van der Waals surface area contributed by atoms with Crippen molar-refractivity contribution in [2.24, 2.45) is 0 Å². The van der Waals surface area contributed by atoms with Crippen LogP contribution in [0.25, 0.3) is 0 Å². The van der Waals surface area contributed by atoms with Gasteiger partial charge in [-0.2, -0.15) is 0 Å². The van der Waals surface area contributed by atoms with Gasteiger partial charge in [-0.25, -0.2) is 0 Å². The maximum Gasteiger partial charge on any atom is 0.163 e. The van der Waals surface area contributed by atoms with E-state index in [1.54, 1.807) is 0 Å². The van der Waals surface area contributed by atoms with Crippen LogP contribution in [-0.2, 0) is 6.61 Å². The summed E-state index contributed by atoms with van der Waals surface area (Å²) in [6, 6.07) is 2.79. The first-order valence-electron chi connectivity index (χ1n) is 3.69. The van der Waals surface area contributed by atoms with E-state index < -0.39 is 0 Å². The molecule has 0 atom stereocenters. The molecule has 0 heterocycles. The van der Waals surface area contributed by atoms with E-state index in [1.165, 1.54) is 19.1 Å². The Morgan fingerprint density at radius 1 is 1.54 bits per heavy atom. The van der Waals surface area contributed by atoms with Gasteiger partial charge in [0.1, 0.15) is 5.75 Å². The van der Waals surface area contributed by atoms with Crippen molar-refractivity contribution >= 4 is 17.4 Å². The van der Waals surface area contributed by atoms with E-state index in [0.717, 1.165) is 0 Å². The molecule has 0 bridgehead atoms. The lowest BCUT2D eigenvalue weighted by atomic mass is 10.1.